The molecule has 1 aromatic carbocycles. The van der Waals surface area contributed by atoms with Gasteiger partial charge in [-0.2, -0.15) is 0 Å². The molecule has 0 aliphatic heterocycles. The maximum absolute atomic E-state index is 12.1. The van der Waals surface area contributed by atoms with Gasteiger partial charge in [-0.3, -0.25) is 4.79 Å². The van der Waals surface area contributed by atoms with Gasteiger partial charge in [0.2, 0.25) is 5.91 Å². The van der Waals surface area contributed by atoms with Crippen molar-refractivity contribution in [1.82, 2.24) is 0 Å². The first kappa shape index (κ1) is 21.1. The van der Waals surface area contributed by atoms with Crippen molar-refractivity contribution in [2.75, 3.05) is 18.4 Å². The molecule has 1 rings (SSSR count). The Bertz CT molecular complexity index is 529. The van der Waals surface area contributed by atoms with Crippen LogP contribution in [-0.2, 0) is 9.59 Å². The molecule has 0 aliphatic carbocycles. The minimum atomic E-state index is -1.19. The van der Waals surface area contributed by atoms with E-state index in [-0.39, 0.29) is 12.3 Å². The number of unbranched alkanes of at least 4 members (excludes halogenated alkanes) is 3. The predicted molar refractivity (Wildman–Crippen MR) is 95.6 cm³/mol. The van der Waals surface area contributed by atoms with Crippen LogP contribution in [0, 0.1) is 0 Å². The normalized spacial score (nSPS) is 12.2. The molecule has 1 amide bonds. The number of nitrogens with two attached hydrogens (primary N) is 1. The van der Waals surface area contributed by atoms with E-state index in [4.69, 9.17) is 0 Å². The van der Waals surface area contributed by atoms with E-state index >= 15 is 0 Å². The summed E-state index contributed by atoms with van der Waals surface area (Å²) in [5.41, 5.74) is 5.67. The van der Waals surface area contributed by atoms with Crippen molar-refractivity contribution in [2.45, 2.75) is 57.9 Å². The zero-order valence-corrected chi connectivity index (χ0v) is 15.4. The molecule has 1 atom stereocenters. The zero-order chi connectivity index (χ0) is 18.7. The number of aliphatic carboxylic acids is 1. The molecule has 0 aliphatic rings. The highest BCUT2D eigenvalue weighted by Crippen LogP contribution is 2.17. The molecular formula is C19H32N3O3+. The number of hydrogen-bond donors (Lipinski definition) is 3. The van der Waals surface area contributed by atoms with Crippen LogP contribution in [0.5, 0.6) is 0 Å². The van der Waals surface area contributed by atoms with Gasteiger partial charge in [-0.1, -0.05) is 26.0 Å². The standard InChI is InChI=1S/C19H31N3O3/c1-14(2)15-7-9-16(10-8-15)22-18(23)13-17(19(24)25)21-12-6-4-3-5-11-20/h7-10,14,17,21H,3-6,11-13,20H2,1-2H3,(H,22,23)(H,24,25)/p+1/t17-/m1/s1. The summed E-state index contributed by atoms with van der Waals surface area (Å²) in [7, 11) is 0. The van der Waals surface area contributed by atoms with Crippen LogP contribution >= 0.6 is 0 Å². The first-order chi connectivity index (χ1) is 11.9. The van der Waals surface area contributed by atoms with Crippen LogP contribution in [0.4, 0.5) is 5.69 Å². The van der Waals surface area contributed by atoms with Crippen molar-refractivity contribution in [2.24, 2.45) is 0 Å². The van der Waals surface area contributed by atoms with Gasteiger partial charge in [0, 0.05) is 5.69 Å². The van der Waals surface area contributed by atoms with E-state index in [9.17, 15) is 14.7 Å². The summed E-state index contributed by atoms with van der Waals surface area (Å²) in [5.74, 6) is -1.07. The van der Waals surface area contributed by atoms with Crippen LogP contribution in [0.15, 0.2) is 24.3 Å². The molecule has 0 aromatic heterocycles. The van der Waals surface area contributed by atoms with Crippen LogP contribution in [-0.4, -0.2) is 31.0 Å². The Balaban J connectivity index is 2.41. The number of benzene rings is 1. The Kier molecular flexibility index (Phi) is 9.80. The van der Waals surface area contributed by atoms with Gasteiger partial charge < -0.3 is 26.3 Å². The lowest BCUT2D eigenvalue weighted by atomic mass is 10.0. The first-order valence-corrected chi connectivity index (χ1v) is 9.17. The van der Waals surface area contributed by atoms with Crippen molar-refractivity contribution < 1.29 is 25.7 Å². The van der Waals surface area contributed by atoms with Crippen LogP contribution in [0.25, 0.3) is 0 Å². The number of carboxylic acid groups (broad SMARTS) is 1. The molecule has 0 bridgehead atoms. The van der Waals surface area contributed by atoms with Gasteiger partial charge in [-0.05, 0) is 49.3 Å². The van der Waals surface area contributed by atoms with Crippen molar-refractivity contribution in [3.8, 4) is 0 Å². The Morgan fingerprint density at radius 3 is 2.32 bits per heavy atom. The third-order valence-electron chi connectivity index (χ3n) is 4.22. The Hall–Kier alpha value is -1.92. The Morgan fingerprint density at radius 2 is 1.76 bits per heavy atom. The highest BCUT2D eigenvalue weighted by Gasteiger charge is 2.18. The SMILES string of the molecule is CC(C)c1ccc(NC(=O)C[C@@H]([NH2+]CCCCCC[NH3+])C(=O)[O-])cc1. The monoisotopic (exact) mass is 350 g/mol. The summed E-state index contributed by atoms with van der Waals surface area (Å²) >= 11 is 0. The smallest absolute Gasteiger partial charge is 0.230 e. The number of amides is 1. The van der Waals surface area contributed by atoms with E-state index in [1.54, 1.807) is 5.32 Å². The lowest BCUT2D eigenvalue weighted by molar-refractivity contribution is -0.682. The van der Waals surface area contributed by atoms with Gasteiger partial charge in [-0.15, -0.1) is 0 Å². The molecule has 0 spiro atoms. The Labute approximate surface area is 150 Å². The number of carbonyl (C=O) groups excluding carboxylic acids is 2. The fourth-order valence-electron chi connectivity index (χ4n) is 2.62. The van der Waals surface area contributed by atoms with Crippen LogP contribution in [0.2, 0.25) is 0 Å². The molecule has 0 saturated heterocycles. The maximum Gasteiger partial charge on any atom is 0.230 e. The largest absolute Gasteiger partial charge is 0.544 e. The second-order valence-electron chi connectivity index (χ2n) is 6.75. The number of carboxylic acids is 1. The fourth-order valence-corrected chi connectivity index (χ4v) is 2.62. The average molecular weight is 350 g/mol. The molecule has 6 nitrogen and oxygen atoms in total. The highest BCUT2D eigenvalue weighted by molar-refractivity contribution is 5.93. The van der Waals surface area contributed by atoms with E-state index in [0.717, 1.165) is 32.2 Å². The topological polar surface area (TPSA) is 113 Å². The molecule has 6 N–H and O–H groups in total. The lowest BCUT2D eigenvalue weighted by Gasteiger charge is -2.16. The van der Waals surface area contributed by atoms with Crippen molar-refractivity contribution in [1.29, 1.82) is 0 Å². The molecule has 0 heterocycles. The number of anilines is 1. The van der Waals surface area contributed by atoms with E-state index in [0.29, 0.717) is 18.2 Å². The summed E-state index contributed by atoms with van der Waals surface area (Å²) < 4.78 is 0. The molecule has 6 heteroatoms. The predicted octanol–water partition coefficient (Wildman–Crippen LogP) is -0.377. The summed E-state index contributed by atoms with van der Waals surface area (Å²) in [6.45, 7) is 5.83. The van der Waals surface area contributed by atoms with E-state index < -0.39 is 12.0 Å². The zero-order valence-electron chi connectivity index (χ0n) is 15.4. The van der Waals surface area contributed by atoms with Gasteiger partial charge in [0.15, 0.2) is 0 Å². The summed E-state index contributed by atoms with van der Waals surface area (Å²) in [6.07, 6.45) is 4.11. The van der Waals surface area contributed by atoms with Gasteiger partial charge in [0.1, 0.15) is 6.04 Å². The second-order valence-corrected chi connectivity index (χ2v) is 6.75. The minimum absolute atomic E-state index is 0.0901. The molecule has 140 valence electrons. The number of carbonyl (C=O) groups is 2. The summed E-state index contributed by atoms with van der Waals surface area (Å²) in [5, 5.41) is 15.7. The lowest BCUT2D eigenvalue weighted by Crippen LogP contribution is -2.93. The summed E-state index contributed by atoms with van der Waals surface area (Å²) in [6, 6.07) is 6.77. The molecular weight excluding hydrogens is 318 g/mol. The number of hydrogen-bond acceptors (Lipinski definition) is 3. The number of rotatable bonds is 12. The molecule has 0 saturated carbocycles. The maximum atomic E-state index is 12.1. The van der Waals surface area contributed by atoms with Gasteiger partial charge >= 0.3 is 0 Å². The molecule has 25 heavy (non-hydrogen) atoms. The number of quaternary nitrogens is 2. The summed E-state index contributed by atoms with van der Waals surface area (Å²) in [4.78, 5) is 23.3. The molecule has 1 aromatic rings. The highest BCUT2D eigenvalue weighted by atomic mass is 16.4. The first-order valence-electron chi connectivity index (χ1n) is 9.17. The number of nitrogens with one attached hydrogen (secondary N) is 1. The van der Waals surface area contributed by atoms with Gasteiger partial charge in [0.25, 0.3) is 0 Å². The van der Waals surface area contributed by atoms with E-state index in [2.05, 4.69) is 24.9 Å². The van der Waals surface area contributed by atoms with Crippen LogP contribution < -0.4 is 21.5 Å². The van der Waals surface area contributed by atoms with Crippen molar-refractivity contribution in [3.63, 3.8) is 0 Å². The van der Waals surface area contributed by atoms with Gasteiger partial charge in [-0.25, -0.2) is 0 Å². The quantitative estimate of drug-likeness (QED) is 0.447. The molecule has 0 radical (unpaired) electrons. The second kappa shape index (κ2) is 11.6. The van der Waals surface area contributed by atoms with Gasteiger partial charge in [0.05, 0.1) is 25.5 Å². The Morgan fingerprint density at radius 1 is 1.12 bits per heavy atom. The van der Waals surface area contributed by atoms with Crippen LogP contribution in [0.3, 0.4) is 0 Å². The molecule has 0 fully saturated rings. The van der Waals surface area contributed by atoms with Crippen molar-refractivity contribution >= 4 is 17.6 Å². The minimum Gasteiger partial charge on any atom is -0.544 e. The van der Waals surface area contributed by atoms with E-state index in [1.165, 1.54) is 5.56 Å². The average Bonchev–Trinajstić information content (AvgIpc) is 2.57. The fraction of sp³-hybridized carbons (Fsp3) is 0.579. The molecule has 0 unspecified atom stereocenters. The van der Waals surface area contributed by atoms with Crippen LogP contribution in [0.1, 0.15) is 57.4 Å². The van der Waals surface area contributed by atoms with Crippen molar-refractivity contribution in [3.05, 3.63) is 29.8 Å². The van der Waals surface area contributed by atoms with E-state index in [1.807, 2.05) is 24.3 Å². The third-order valence-corrected chi connectivity index (χ3v) is 4.22. The third kappa shape index (κ3) is 8.65.